The molecule has 1 unspecified atom stereocenters. The molecule has 1 rings (SSSR count). The number of hydrogen-bond donors (Lipinski definition) is 3. The van der Waals surface area contributed by atoms with Crippen molar-refractivity contribution < 1.29 is 18.0 Å². The number of hydrogen-bond acceptors (Lipinski definition) is 3. The van der Waals surface area contributed by atoms with Gasteiger partial charge in [0.1, 0.15) is 5.82 Å². The van der Waals surface area contributed by atoms with Crippen molar-refractivity contribution in [1.82, 2.24) is 15.3 Å². The van der Waals surface area contributed by atoms with Crippen LogP contribution < -0.4 is 5.32 Å². The number of thiol groups is 1. The van der Waals surface area contributed by atoms with Crippen LogP contribution >= 0.6 is 12.6 Å². The van der Waals surface area contributed by atoms with Gasteiger partial charge in [-0.3, -0.25) is 4.79 Å². The van der Waals surface area contributed by atoms with E-state index in [2.05, 4.69) is 22.6 Å². The molecule has 0 aliphatic carbocycles. The zero-order valence-electron chi connectivity index (χ0n) is 7.38. The summed E-state index contributed by atoms with van der Waals surface area (Å²) in [7, 11) is 0. The number of carbonyl (C=O) groups excluding carboxylic acids is 1. The Bertz CT molecular complexity index is 325. The van der Waals surface area contributed by atoms with Crippen molar-refractivity contribution in [1.29, 1.82) is 0 Å². The highest BCUT2D eigenvalue weighted by Crippen LogP contribution is 2.17. The van der Waals surface area contributed by atoms with E-state index in [0.717, 1.165) is 0 Å². The SMILES string of the molecule is O=C(NCC(S)c1ncc[nH]1)C(F)(F)F. The molecule has 1 atom stereocenters. The maximum atomic E-state index is 11.8. The lowest BCUT2D eigenvalue weighted by Crippen LogP contribution is -2.38. The van der Waals surface area contributed by atoms with Crippen LogP contribution in [0.3, 0.4) is 0 Å². The van der Waals surface area contributed by atoms with Gasteiger partial charge in [0.05, 0.1) is 5.25 Å². The van der Waals surface area contributed by atoms with E-state index < -0.39 is 17.3 Å². The molecule has 0 aliphatic rings. The van der Waals surface area contributed by atoms with Gasteiger partial charge in [-0.05, 0) is 0 Å². The molecular formula is C7H8F3N3OS. The van der Waals surface area contributed by atoms with Crippen LogP contribution in [0.25, 0.3) is 0 Å². The number of aromatic nitrogens is 2. The highest BCUT2D eigenvalue weighted by atomic mass is 32.1. The van der Waals surface area contributed by atoms with Gasteiger partial charge in [-0.2, -0.15) is 25.8 Å². The van der Waals surface area contributed by atoms with Crippen molar-refractivity contribution in [3.05, 3.63) is 18.2 Å². The molecule has 1 amide bonds. The van der Waals surface area contributed by atoms with Crippen LogP contribution in [0.1, 0.15) is 11.1 Å². The first kappa shape index (κ1) is 11.9. The van der Waals surface area contributed by atoms with Crippen molar-refractivity contribution >= 4 is 18.5 Å². The van der Waals surface area contributed by atoms with Gasteiger partial charge >= 0.3 is 12.1 Å². The minimum atomic E-state index is -4.86. The van der Waals surface area contributed by atoms with Gasteiger partial charge in [-0.1, -0.05) is 0 Å². The average Bonchev–Trinajstić information content (AvgIpc) is 2.64. The summed E-state index contributed by atoms with van der Waals surface area (Å²) in [5.74, 6) is -1.58. The first-order valence-corrected chi connectivity index (χ1v) is 4.45. The Kier molecular flexibility index (Phi) is 3.61. The molecule has 1 heterocycles. The lowest BCUT2D eigenvalue weighted by Gasteiger charge is -2.11. The lowest BCUT2D eigenvalue weighted by atomic mass is 10.4. The fourth-order valence-electron chi connectivity index (χ4n) is 0.846. The summed E-state index contributed by atoms with van der Waals surface area (Å²) in [4.78, 5) is 16.9. The summed E-state index contributed by atoms with van der Waals surface area (Å²) < 4.78 is 35.3. The standard InChI is InChI=1S/C7H8F3N3OS/c8-7(9,10)6(14)13-3-4(15)5-11-1-2-12-5/h1-2,4,15H,3H2,(H,11,12)(H,13,14). The number of nitrogens with one attached hydrogen (secondary N) is 2. The molecule has 2 N–H and O–H groups in total. The van der Waals surface area contributed by atoms with E-state index >= 15 is 0 Å². The summed E-state index contributed by atoms with van der Waals surface area (Å²) in [5.41, 5.74) is 0. The number of carbonyl (C=O) groups is 1. The first-order valence-electron chi connectivity index (χ1n) is 3.93. The number of halogens is 3. The van der Waals surface area contributed by atoms with Gasteiger partial charge in [0.15, 0.2) is 0 Å². The molecule has 84 valence electrons. The second-order valence-corrected chi connectivity index (χ2v) is 3.32. The lowest BCUT2D eigenvalue weighted by molar-refractivity contribution is -0.173. The molecule has 0 saturated heterocycles. The predicted molar refractivity (Wildman–Crippen MR) is 49.4 cm³/mol. The Balaban J connectivity index is 2.42. The third-order valence-electron chi connectivity index (χ3n) is 1.55. The minimum absolute atomic E-state index is 0.241. The monoisotopic (exact) mass is 239 g/mol. The molecule has 8 heteroatoms. The maximum Gasteiger partial charge on any atom is 0.471 e. The number of amides is 1. The van der Waals surface area contributed by atoms with Crippen molar-refractivity contribution in [2.24, 2.45) is 0 Å². The number of alkyl halides is 3. The Morgan fingerprint density at radius 2 is 2.33 bits per heavy atom. The van der Waals surface area contributed by atoms with Crippen molar-refractivity contribution in [2.45, 2.75) is 11.4 Å². The predicted octanol–water partition coefficient (Wildman–Crippen LogP) is 1.06. The molecule has 15 heavy (non-hydrogen) atoms. The van der Waals surface area contributed by atoms with Crippen LogP contribution in [0.4, 0.5) is 13.2 Å². The van der Waals surface area contributed by atoms with Gasteiger partial charge < -0.3 is 10.3 Å². The smallest absolute Gasteiger partial charge is 0.348 e. The molecule has 1 aromatic heterocycles. The van der Waals surface area contributed by atoms with Crippen LogP contribution in [0.2, 0.25) is 0 Å². The quantitative estimate of drug-likeness (QED) is 0.691. The fourth-order valence-corrected chi connectivity index (χ4v) is 1.08. The van der Waals surface area contributed by atoms with Crippen LogP contribution in [-0.4, -0.2) is 28.6 Å². The summed E-state index contributed by atoms with van der Waals surface area (Å²) in [6, 6.07) is 0. The number of H-pyrrole nitrogens is 1. The zero-order chi connectivity index (χ0) is 11.5. The van der Waals surface area contributed by atoms with Crippen molar-refractivity contribution in [3.8, 4) is 0 Å². The van der Waals surface area contributed by atoms with Crippen LogP contribution in [0, 0.1) is 0 Å². The van der Waals surface area contributed by atoms with Gasteiger partial charge in [0, 0.05) is 18.9 Å². The topological polar surface area (TPSA) is 57.8 Å². The summed E-state index contributed by atoms with van der Waals surface area (Å²) >= 11 is 3.98. The van der Waals surface area contributed by atoms with Crippen LogP contribution in [0.5, 0.6) is 0 Å². The van der Waals surface area contributed by atoms with E-state index in [1.165, 1.54) is 12.4 Å². The van der Waals surface area contributed by atoms with Crippen LogP contribution in [0.15, 0.2) is 12.4 Å². The Morgan fingerprint density at radius 3 is 2.80 bits per heavy atom. The van der Waals surface area contributed by atoms with Gasteiger partial charge in [-0.25, -0.2) is 4.98 Å². The first-order chi connectivity index (χ1) is 6.91. The Morgan fingerprint density at radius 1 is 1.67 bits per heavy atom. The van der Waals surface area contributed by atoms with E-state index in [-0.39, 0.29) is 6.54 Å². The van der Waals surface area contributed by atoms with Gasteiger partial charge in [-0.15, -0.1) is 0 Å². The minimum Gasteiger partial charge on any atom is -0.348 e. The maximum absolute atomic E-state index is 11.8. The Hall–Kier alpha value is -1.18. The number of nitrogens with zero attached hydrogens (tertiary/aromatic N) is 1. The van der Waals surface area contributed by atoms with E-state index in [9.17, 15) is 18.0 Å². The average molecular weight is 239 g/mol. The zero-order valence-corrected chi connectivity index (χ0v) is 8.27. The molecule has 0 fully saturated rings. The number of imidazole rings is 1. The van der Waals surface area contributed by atoms with E-state index in [0.29, 0.717) is 5.82 Å². The van der Waals surface area contributed by atoms with E-state index in [1.54, 1.807) is 5.32 Å². The fraction of sp³-hybridized carbons (Fsp3) is 0.429. The molecule has 0 saturated carbocycles. The largest absolute Gasteiger partial charge is 0.471 e. The molecule has 1 aromatic rings. The highest BCUT2D eigenvalue weighted by Gasteiger charge is 2.38. The normalized spacial score (nSPS) is 13.6. The molecule has 0 radical (unpaired) electrons. The molecule has 0 aromatic carbocycles. The highest BCUT2D eigenvalue weighted by molar-refractivity contribution is 7.80. The second-order valence-electron chi connectivity index (χ2n) is 2.70. The summed E-state index contributed by atoms with van der Waals surface area (Å²) in [6.07, 6.45) is -1.90. The molecule has 0 aliphatic heterocycles. The third-order valence-corrected chi connectivity index (χ3v) is 1.98. The number of rotatable bonds is 3. The van der Waals surface area contributed by atoms with Crippen molar-refractivity contribution in [3.63, 3.8) is 0 Å². The summed E-state index contributed by atoms with van der Waals surface area (Å²) in [5, 5.41) is 1.12. The van der Waals surface area contributed by atoms with Gasteiger partial charge in [0.2, 0.25) is 0 Å². The third kappa shape index (κ3) is 3.46. The molecule has 0 spiro atoms. The number of aromatic amines is 1. The molecule has 0 bridgehead atoms. The van der Waals surface area contributed by atoms with Crippen LogP contribution in [-0.2, 0) is 4.79 Å². The Labute approximate surface area is 88.7 Å². The van der Waals surface area contributed by atoms with Crippen molar-refractivity contribution in [2.75, 3.05) is 6.54 Å². The second kappa shape index (κ2) is 4.56. The van der Waals surface area contributed by atoms with E-state index in [1.807, 2.05) is 0 Å². The van der Waals surface area contributed by atoms with E-state index in [4.69, 9.17) is 0 Å². The summed E-state index contributed by atoms with van der Waals surface area (Å²) in [6.45, 7) is -0.241. The molecular weight excluding hydrogens is 231 g/mol. The van der Waals surface area contributed by atoms with Gasteiger partial charge in [0.25, 0.3) is 0 Å². The molecule has 4 nitrogen and oxygen atoms in total.